The van der Waals surface area contributed by atoms with Crippen LogP contribution in [0, 0.1) is 12.7 Å². The molecule has 0 aliphatic carbocycles. The lowest BCUT2D eigenvalue weighted by Crippen LogP contribution is -2.47. The van der Waals surface area contributed by atoms with Crippen LogP contribution in [0.5, 0.6) is 0 Å². The van der Waals surface area contributed by atoms with E-state index >= 15 is 0 Å². The molecule has 1 aliphatic rings. The Balaban J connectivity index is 1.94. The summed E-state index contributed by atoms with van der Waals surface area (Å²) >= 11 is 5.81. The summed E-state index contributed by atoms with van der Waals surface area (Å²) in [6.45, 7) is 7.43. The van der Waals surface area contributed by atoms with Crippen LogP contribution in [0.1, 0.15) is 18.2 Å². The second-order valence-electron chi connectivity index (χ2n) is 6.59. The summed E-state index contributed by atoms with van der Waals surface area (Å²) in [5, 5.41) is -0.0980. The van der Waals surface area contributed by atoms with Crippen LogP contribution in [0.3, 0.4) is 0 Å². The molecule has 146 valence electrons. The molecule has 1 aromatic heterocycles. The first-order chi connectivity index (χ1) is 13.2. The predicted molar refractivity (Wildman–Crippen MR) is 106 cm³/mol. The van der Waals surface area contributed by atoms with Crippen LogP contribution in [-0.4, -0.2) is 36.7 Å². The minimum Gasteiger partial charge on any atom is -0.446 e. The third kappa shape index (κ3) is 3.71. The average molecular weight is 404 g/mol. The molecule has 0 spiro atoms. The van der Waals surface area contributed by atoms with Gasteiger partial charge in [0, 0.05) is 18.4 Å². The van der Waals surface area contributed by atoms with Gasteiger partial charge in [-0.25, -0.2) is 19.1 Å². The quantitative estimate of drug-likeness (QED) is 0.767. The molecule has 1 fully saturated rings. The molecule has 0 N–H and O–H groups in total. The second kappa shape index (κ2) is 7.59. The normalized spacial score (nSPS) is 16.1. The van der Waals surface area contributed by atoms with Gasteiger partial charge in [-0.3, -0.25) is 4.79 Å². The van der Waals surface area contributed by atoms with Crippen molar-refractivity contribution in [1.82, 2.24) is 4.98 Å². The highest BCUT2D eigenvalue weighted by atomic mass is 35.5. The van der Waals surface area contributed by atoms with Crippen LogP contribution in [0.4, 0.5) is 20.7 Å². The fraction of sp³-hybridized carbons (Fsp3) is 0.250. The number of anilines is 2. The molecule has 1 saturated heterocycles. The SMILES string of the molecule is C=C(C)c1cc(C)nc(N2C(=O)OCC2C(=O)N(C)c2ccc(F)c(Cl)c2)c1. The maximum Gasteiger partial charge on any atom is 0.416 e. The number of hydrogen-bond donors (Lipinski definition) is 0. The van der Waals surface area contributed by atoms with Crippen molar-refractivity contribution in [1.29, 1.82) is 0 Å². The van der Waals surface area contributed by atoms with Crippen LogP contribution in [0.15, 0.2) is 36.9 Å². The molecule has 8 heteroatoms. The highest BCUT2D eigenvalue weighted by Crippen LogP contribution is 2.28. The minimum absolute atomic E-state index is 0.0980. The molecule has 2 heterocycles. The number of carbonyl (C=O) groups is 2. The smallest absolute Gasteiger partial charge is 0.416 e. The van der Waals surface area contributed by atoms with Crippen molar-refractivity contribution in [2.45, 2.75) is 19.9 Å². The molecule has 1 aromatic carbocycles. The number of rotatable bonds is 4. The second-order valence-corrected chi connectivity index (χ2v) is 7.00. The zero-order chi connectivity index (χ0) is 20.6. The third-order valence-electron chi connectivity index (χ3n) is 4.46. The van der Waals surface area contributed by atoms with Gasteiger partial charge in [-0.15, -0.1) is 0 Å². The van der Waals surface area contributed by atoms with E-state index in [4.69, 9.17) is 16.3 Å². The predicted octanol–water partition coefficient (Wildman–Crippen LogP) is 4.20. The average Bonchev–Trinajstić information content (AvgIpc) is 3.03. The molecule has 2 amide bonds. The van der Waals surface area contributed by atoms with Gasteiger partial charge in [0.2, 0.25) is 0 Å². The monoisotopic (exact) mass is 403 g/mol. The van der Waals surface area contributed by atoms with Gasteiger partial charge in [-0.1, -0.05) is 23.8 Å². The Morgan fingerprint density at radius 1 is 1.39 bits per heavy atom. The molecule has 1 unspecified atom stereocenters. The van der Waals surface area contributed by atoms with Crippen molar-refractivity contribution >= 4 is 40.7 Å². The summed E-state index contributed by atoms with van der Waals surface area (Å²) in [4.78, 5) is 32.3. The lowest BCUT2D eigenvalue weighted by atomic mass is 10.1. The van der Waals surface area contributed by atoms with Gasteiger partial charge in [-0.2, -0.15) is 0 Å². The van der Waals surface area contributed by atoms with E-state index < -0.39 is 23.9 Å². The van der Waals surface area contributed by atoms with Crippen molar-refractivity contribution in [3.8, 4) is 0 Å². The number of ether oxygens (including phenoxy) is 1. The lowest BCUT2D eigenvalue weighted by Gasteiger charge is -2.25. The summed E-state index contributed by atoms with van der Waals surface area (Å²) in [5.74, 6) is -0.679. The molecule has 0 saturated carbocycles. The number of nitrogens with zero attached hydrogens (tertiary/aromatic N) is 3. The Morgan fingerprint density at radius 3 is 2.75 bits per heavy atom. The number of carbonyl (C=O) groups excluding carboxylic acids is 2. The molecule has 6 nitrogen and oxygen atoms in total. The Morgan fingerprint density at radius 2 is 2.11 bits per heavy atom. The van der Waals surface area contributed by atoms with Crippen LogP contribution >= 0.6 is 11.6 Å². The van der Waals surface area contributed by atoms with E-state index in [-0.39, 0.29) is 11.6 Å². The maximum absolute atomic E-state index is 13.4. The summed E-state index contributed by atoms with van der Waals surface area (Å²) in [5.41, 5.74) is 2.70. The Labute approximate surface area is 167 Å². The van der Waals surface area contributed by atoms with E-state index in [0.29, 0.717) is 17.2 Å². The zero-order valence-electron chi connectivity index (χ0n) is 15.7. The standard InChI is InChI=1S/C20H19ClFN3O3/c1-11(2)13-7-12(3)23-18(8-13)25-17(10-28-20(25)27)19(26)24(4)14-5-6-16(22)15(21)9-14/h5-9,17H,1,10H2,2-4H3. The van der Waals surface area contributed by atoms with E-state index in [1.165, 1.54) is 35.0 Å². The van der Waals surface area contributed by atoms with Crippen LogP contribution in [-0.2, 0) is 9.53 Å². The van der Waals surface area contributed by atoms with Gasteiger partial charge < -0.3 is 9.64 Å². The van der Waals surface area contributed by atoms with E-state index in [9.17, 15) is 14.0 Å². The van der Waals surface area contributed by atoms with Crippen LogP contribution in [0.25, 0.3) is 5.57 Å². The Kier molecular flexibility index (Phi) is 5.38. The number of cyclic esters (lactones) is 1. The van der Waals surface area contributed by atoms with Crippen LogP contribution < -0.4 is 9.80 Å². The molecule has 2 aromatic rings. The highest BCUT2D eigenvalue weighted by molar-refractivity contribution is 6.31. The first kappa shape index (κ1) is 19.8. The molecule has 28 heavy (non-hydrogen) atoms. The molecule has 0 radical (unpaired) electrons. The first-order valence-corrected chi connectivity index (χ1v) is 8.90. The first-order valence-electron chi connectivity index (χ1n) is 8.52. The summed E-state index contributed by atoms with van der Waals surface area (Å²) < 4.78 is 18.5. The fourth-order valence-corrected chi connectivity index (χ4v) is 3.10. The number of aryl methyl sites for hydroxylation is 1. The number of benzene rings is 1. The largest absolute Gasteiger partial charge is 0.446 e. The van der Waals surface area contributed by atoms with Crippen molar-refractivity contribution < 1.29 is 18.7 Å². The number of pyridine rings is 1. The number of hydrogen-bond acceptors (Lipinski definition) is 4. The Bertz CT molecular complexity index is 979. The van der Waals surface area contributed by atoms with Gasteiger partial charge in [0.1, 0.15) is 18.2 Å². The molecular weight excluding hydrogens is 385 g/mol. The maximum atomic E-state index is 13.4. The van der Waals surface area contributed by atoms with E-state index in [1.807, 2.05) is 13.0 Å². The minimum atomic E-state index is -0.909. The van der Waals surface area contributed by atoms with Gasteiger partial charge in [0.05, 0.1) is 5.02 Å². The van der Waals surface area contributed by atoms with Crippen molar-refractivity contribution in [2.24, 2.45) is 0 Å². The molecule has 0 bridgehead atoms. The summed E-state index contributed by atoms with van der Waals surface area (Å²) in [6.07, 6.45) is -0.658. The summed E-state index contributed by atoms with van der Waals surface area (Å²) in [6, 6.07) is 6.59. The van der Waals surface area contributed by atoms with Gasteiger partial charge in [0.15, 0.2) is 6.04 Å². The fourth-order valence-electron chi connectivity index (χ4n) is 2.92. The number of halogens is 2. The van der Waals surface area contributed by atoms with Gasteiger partial charge in [0.25, 0.3) is 5.91 Å². The Hall–Kier alpha value is -2.93. The van der Waals surface area contributed by atoms with Crippen molar-refractivity contribution in [2.75, 3.05) is 23.5 Å². The third-order valence-corrected chi connectivity index (χ3v) is 4.75. The van der Waals surface area contributed by atoms with E-state index in [1.54, 1.807) is 13.0 Å². The van der Waals surface area contributed by atoms with Gasteiger partial charge in [-0.05, 0) is 49.7 Å². The number of aromatic nitrogens is 1. The number of allylic oxidation sites excluding steroid dienone is 1. The van der Waals surface area contributed by atoms with Crippen molar-refractivity contribution in [3.05, 3.63) is 59.0 Å². The molecule has 3 rings (SSSR count). The molecule has 1 aliphatic heterocycles. The van der Waals surface area contributed by atoms with E-state index in [2.05, 4.69) is 11.6 Å². The lowest BCUT2D eigenvalue weighted by molar-refractivity contribution is -0.119. The van der Waals surface area contributed by atoms with E-state index in [0.717, 1.165) is 11.1 Å². The highest BCUT2D eigenvalue weighted by Gasteiger charge is 2.41. The zero-order valence-corrected chi connectivity index (χ0v) is 16.5. The van der Waals surface area contributed by atoms with Crippen molar-refractivity contribution in [3.63, 3.8) is 0 Å². The molecule has 1 atom stereocenters. The topological polar surface area (TPSA) is 62.7 Å². The van der Waals surface area contributed by atoms with Gasteiger partial charge >= 0.3 is 6.09 Å². The van der Waals surface area contributed by atoms with Crippen LogP contribution in [0.2, 0.25) is 5.02 Å². The summed E-state index contributed by atoms with van der Waals surface area (Å²) in [7, 11) is 1.52. The number of amides is 2. The number of likely N-dealkylation sites (N-methyl/N-ethyl adjacent to an activating group) is 1. The molecular formula is C20H19ClFN3O3.